The molecule has 1 aliphatic heterocycles. The summed E-state index contributed by atoms with van der Waals surface area (Å²) in [7, 11) is 3.88. The average molecular weight is 458 g/mol. The average Bonchev–Trinajstić information content (AvgIpc) is 2.82. The highest BCUT2D eigenvalue weighted by Gasteiger charge is 2.25. The van der Waals surface area contributed by atoms with Gasteiger partial charge < -0.3 is 25.7 Å². The third-order valence-corrected chi connectivity index (χ3v) is 6.06. The van der Waals surface area contributed by atoms with Gasteiger partial charge in [-0.15, -0.1) is 0 Å². The van der Waals surface area contributed by atoms with E-state index in [1.807, 2.05) is 62.6 Å². The second-order valence-electron chi connectivity index (χ2n) is 8.68. The highest BCUT2D eigenvalue weighted by atomic mass is 16.5. The summed E-state index contributed by atoms with van der Waals surface area (Å²) < 4.78 is 6.09. The van der Waals surface area contributed by atoms with Crippen LogP contribution in [0, 0.1) is 5.41 Å². The lowest BCUT2D eigenvalue weighted by Gasteiger charge is -2.36. The molecule has 7 nitrogen and oxygen atoms in total. The van der Waals surface area contributed by atoms with Crippen LogP contribution in [-0.4, -0.2) is 54.7 Å². The Morgan fingerprint density at radius 1 is 1.12 bits per heavy atom. The first kappa shape index (κ1) is 23.4. The zero-order valence-corrected chi connectivity index (χ0v) is 20.1. The molecule has 0 unspecified atom stereocenters. The second kappa shape index (κ2) is 10.1. The Kier molecular flexibility index (Phi) is 6.93. The standard InChI is InChI=1S/C27H31N5O2/c1-5-18-12-19(6-8-23(18)27(33)31-20-15-32(4)16-20)26-14-22(10-11-30-26)34-21-7-9-25(29-3)24(13-21)17(2)28/h6-14,20,28-29H,5,15-16H2,1-4H3,(H,31,33). The summed E-state index contributed by atoms with van der Waals surface area (Å²) in [5, 5.41) is 14.2. The number of hydrogen-bond acceptors (Lipinski definition) is 6. The number of aromatic nitrogens is 1. The van der Waals surface area contributed by atoms with Crippen LogP contribution >= 0.6 is 0 Å². The molecular weight excluding hydrogens is 426 g/mol. The van der Waals surface area contributed by atoms with E-state index in [0.717, 1.165) is 47.6 Å². The summed E-state index contributed by atoms with van der Waals surface area (Å²) in [6.07, 6.45) is 2.47. The summed E-state index contributed by atoms with van der Waals surface area (Å²) in [6, 6.07) is 15.4. The van der Waals surface area contributed by atoms with Gasteiger partial charge in [0.05, 0.1) is 11.7 Å². The van der Waals surface area contributed by atoms with E-state index in [2.05, 4.69) is 27.4 Å². The molecule has 0 aliphatic carbocycles. The monoisotopic (exact) mass is 457 g/mol. The maximum absolute atomic E-state index is 12.8. The van der Waals surface area contributed by atoms with Crippen molar-refractivity contribution >= 4 is 17.3 Å². The first-order chi connectivity index (χ1) is 16.4. The van der Waals surface area contributed by atoms with Crippen molar-refractivity contribution in [2.24, 2.45) is 0 Å². The highest BCUT2D eigenvalue weighted by molar-refractivity contribution is 6.01. The van der Waals surface area contributed by atoms with Gasteiger partial charge in [-0.1, -0.05) is 13.0 Å². The summed E-state index contributed by atoms with van der Waals surface area (Å²) in [5.74, 6) is 1.29. The molecular formula is C27H31N5O2. The van der Waals surface area contributed by atoms with Crippen molar-refractivity contribution in [1.82, 2.24) is 15.2 Å². The van der Waals surface area contributed by atoms with Crippen LogP contribution in [0.15, 0.2) is 54.7 Å². The van der Waals surface area contributed by atoms with Crippen LogP contribution in [0.5, 0.6) is 11.5 Å². The number of nitrogens with zero attached hydrogens (tertiary/aromatic N) is 2. The first-order valence-corrected chi connectivity index (χ1v) is 11.5. The van der Waals surface area contributed by atoms with Gasteiger partial charge in [-0.3, -0.25) is 9.78 Å². The Morgan fingerprint density at radius 2 is 1.88 bits per heavy atom. The summed E-state index contributed by atoms with van der Waals surface area (Å²) in [6.45, 7) is 5.59. The minimum Gasteiger partial charge on any atom is -0.457 e. The lowest BCUT2D eigenvalue weighted by molar-refractivity contribution is 0.0857. The number of benzene rings is 2. The van der Waals surface area contributed by atoms with E-state index in [1.54, 1.807) is 13.1 Å². The fourth-order valence-electron chi connectivity index (χ4n) is 4.20. The van der Waals surface area contributed by atoms with Crippen LogP contribution in [-0.2, 0) is 6.42 Å². The molecule has 1 aromatic heterocycles. The topological polar surface area (TPSA) is 90.3 Å². The van der Waals surface area contributed by atoms with Crippen molar-refractivity contribution in [1.29, 1.82) is 5.41 Å². The van der Waals surface area contributed by atoms with Gasteiger partial charge in [-0.2, -0.15) is 0 Å². The maximum Gasteiger partial charge on any atom is 0.251 e. The van der Waals surface area contributed by atoms with Crippen LogP contribution in [0.2, 0.25) is 0 Å². The van der Waals surface area contributed by atoms with Gasteiger partial charge in [0.15, 0.2) is 0 Å². The fourth-order valence-corrected chi connectivity index (χ4v) is 4.20. The van der Waals surface area contributed by atoms with E-state index < -0.39 is 0 Å². The molecule has 0 spiro atoms. The van der Waals surface area contributed by atoms with E-state index in [9.17, 15) is 4.79 Å². The number of anilines is 1. The molecule has 0 bridgehead atoms. The molecule has 176 valence electrons. The minimum atomic E-state index is -0.0196. The number of pyridine rings is 1. The summed E-state index contributed by atoms with van der Waals surface area (Å²) in [5.41, 5.74) is 5.56. The van der Waals surface area contributed by atoms with E-state index in [1.165, 1.54) is 0 Å². The lowest BCUT2D eigenvalue weighted by Crippen LogP contribution is -2.57. The van der Waals surface area contributed by atoms with Gasteiger partial charge in [0.2, 0.25) is 0 Å². The predicted octanol–water partition coefficient (Wildman–Crippen LogP) is 4.58. The molecule has 34 heavy (non-hydrogen) atoms. The van der Waals surface area contributed by atoms with E-state index in [0.29, 0.717) is 22.8 Å². The molecule has 4 rings (SSSR count). The minimum absolute atomic E-state index is 0.0196. The van der Waals surface area contributed by atoms with Gasteiger partial charge in [-0.05, 0) is 62.4 Å². The molecule has 0 atom stereocenters. The smallest absolute Gasteiger partial charge is 0.251 e. The van der Waals surface area contributed by atoms with Crippen molar-refractivity contribution in [3.63, 3.8) is 0 Å². The second-order valence-corrected chi connectivity index (χ2v) is 8.68. The highest BCUT2D eigenvalue weighted by Crippen LogP contribution is 2.29. The molecule has 7 heteroatoms. The summed E-state index contributed by atoms with van der Waals surface area (Å²) in [4.78, 5) is 19.5. The molecule has 1 saturated heterocycles. The van der Waals surface area contributed by atoms with E-state index >= 15 is 0 Å². The van der Waals surface area contributed by atoms with Crippen LogP contribution in [0.4, 0.5) is 5.69 Å². The molecule has 1 fully saturated rings. The van der Waals surface area contributed by atoms with Crippen LogP contribution in [0.3, 0.4) is 0 Å². The third-order valence-electron chi connectivity index (χ3n) is 6.06. The third kappa shape index (κ3) is 5.10. The van der Waals surface area contributed by atoms with Gasteiger partial charge in [-0.25, -0.2) is 0 Å². The van der Waals surface area contributed by atoms with Crippen molar-refractivity contribution in [3.05, 3.63) is 71.4 Å². The van der Waals surface area contributed by atoms with E-state index in [-0.39, 0.29) is 11.9 Å². The Balaban J connectivity index is 1.55. The van der Waals surface area contributed by atoms with Gasteiger partial charge in [0.1, 0.15) is 11.5 Å². The molecule has 1 aliphatic rings. The number of aryl methyl sites for hydroxylation is 1. The molecule has 2 aromatic carbocycles. The fraction of sp³-hybridized carbons (Fsp3) is 0.296. The molecule has 3 aromatic rings. The largest absolute Gasteiger partial charge is 0.457 e. The molecule has 0 radical (unpaired) electrons. The number of ether oxygens (including phenoxy) is 1. The first-order valence-electron chi connectivity index (χ1n) is 11.5. The van der Waals surface area contributed by atoms with Crippen molar-refractivity contribution in [2.45, 2.75) is 26.3 Å². The predicted molar refractivity (Wildman–Crippen MR) is 136 cm³/mol. The van der Waals surface area contributed by atoms with Crippen LogP contribution in [0.1, 0.15) is 35.3 Å². The van der Waals surface area contributed by atoms with Crippen molar-refractivity contribution in [2.75, 3.05) is 32.5 Å². The van der Waals surface area contributed by atoms with Crippen molar-refractivity contribution < 1.29 is 9.53 Å². The Hall–Kier alpha value is -3.71. The van der Waals surface area contributed by atoms with Crippen LogP contribution < -0.4 is 15.4 Å². The Labute approximate surface area is 200 Å². The lowest BCUT2D eigenvalue weighted by atomic mass is 9.98. The Morgan fingerprint density at radius 3 is 2.56 bits per heavy atom. The number of nitrogens with one attached hydrogen (secondary N) is 3. The number of rotatable bonds is 8. The van der Waals surface area contributed by atoms with Crippen molar-refractivity contribution in [3.8, 4) is 22.8 Å². The number of likely N-dealkylation sites (tertiary alicyclic amines) is 1. The maximum atomic E-state index is 12.8. The Bertz CT molecular complexity index is 1220. The molecule has 2 heterocycles. The van der Waals surface area contributed by atoms with E-state index in [4.69, 9.17) is 10.1 Å². The summed E-state index contributed by atoms with van der Waals surface area (Å²) >= 11 is 0. The normalized spacial score (nSPS) is 13.8. The van der Waals surface area contributed by atoms with Gasteiger partial charge >= 0.3 is 0 Å². The molecule has 0 saturated carbocycles. The zero-order valence-electron chi connectivity index (χ0n) is 20.1. The number of likely N-dealkylation sites (N-methyl/N-ethyl adjacent to an activating group) is 1. The molecule has 3 N–H and O–H groups in total. The number of hydrogen-bond donors (Lipinski definition) is 3. The number of carbonyl (C=O) groups excluding carboxylic acids is 1. The van der Waals surface area contributed by atoms with Gasteiger partial charge in [0, 0.05) is 60.5 Å². The number of amides is 1. The zero-order chi connectivity index (χ0) is 24.2. The van der Waals surface area contributed by atoms with Crippen LogP contribution in [0.25, 0.3) is 11.3 Å². The SMILES string of the molecule is CCc1cc(-c2cc(Oc3ccc(NC)c(C(C)=N)c3)ccn2)ccc1C(=O)NC1CN(C)C1. The number of carbonyl (C=O) groups is 1. The quantitative estimate of drug-likeness (QED) is 0.431. The molecule has 1 amide bonds. The van der Waals surface area contributed by atoms with Gasteiger partial charge in [0.25, 0.3) is 5.91 Å².